The molecule has 0 amide bonds. The predicted molar refractivity (Wildman–Crippen MR) is 157 cm³/mol. The van der Waals surface area contributed by atoms with Crippen LogP contribution in [0.25, 0.3) is 0 Å². The van der Waals surface area contributed by atoms with Gasteiger partial charge in [-0.15, -0.1) is 0 Å². The van der Waals surface area contributed by atoms with Crippen molar-refractivity contribution in [2.24, 2.45) is 0 Å². The van der Waals surface area contributed by atoms with Gasteiger partial charge in [-0.3, -0.25) is 18.2 Å². The molecule has 0 spiro atoms. The van der Waals surface area contributed by atoms with Crippen molar-refractivity contribution in [3.63, 3.8) is 0 Å². The maximum absolute atomic E-state index is 13.7. The van der Waals surface area contributed by atoms with Crippen molar-refractivity contribution in [3.05, 3.63) is 66.7 Å². The lowest BCUT2D eigenvalue weighted by atomic mass is 10.2. The molecule has 3 rings (SSSR count). The molecule has 0 fully saturated rings. The molecule has 0 saturated carbocycles. The number of ether oxygens (including phenoxy) is 3. The first-order valence-corrected chi connectivity index (χ1v) is 15.8. The lowest BCUT2D eigenvalue weighted by Crippen LogP contribution is -2.37. The highest BCUT2D eigenvalue weighted by molar-refractivity contribution is 7.93. The zero-order valence-corrected chi connectivity index (χ0v) is 25.3. The average Bonchev–Trinajstić information content (AvgIpc) is 2.98. The molecule has 0 aliphatic carbocycles. The fourth-order valence-corrected chi connectivity index (χ4v) is 6.75. The van der Waals surface area contributed by atoms with Gasteiger partial charge in [0.1, 0.15) is 30.3 Å². The van der Waals surface area contributed by atoms with Gasteiger partial charge in [-0.1, -0.05) is 13.3 Å². The first-order valence-electron chi connectivity index (χ1n) is 12.9. The Kier molecular flexibility index (Phi) is 10.8. The average molecular weight is 637 g/mol. The molecule has 0 aliphatic heterocycles. The van der Waals surface area contributed by atoms with Gasteiger partial charge in [0.25, 0.3) is 20.0 Å². The standard InChI is InChI=1S/C28H32N2O11S2/c1-4-5-16-41-26-17-20(29(18-27(31)32)42(35,36)23-11-7-21(39-2)8-12-23)6-15-25(26)30(19-28(33)34)43(37,38)24-13-9-22(40-3)10-14-24/h6-15,17H,4-5,16,18-19H2,1-3H3,(H,31,32)(H,33,34). The molecule has 0 aromatic heterocycles. The van der Waals surface area contributed by atoms with Crippen molar-refractivity contribution in [1.82, 2.24) is 0 Å². The van der Waals surface area contributed by atoms with Crippen LogP contribution in [-0.4, -0.2) is 72.9 Å². The van der Waals surface area contributed by atoms with Gasteiger partial charge in [0.05, 0.1) is 42.0 Å². The molecule has 15 heteroatoms. The van der Waals surface area contributed by atoms with Gasteiger partial charge < -0.3 is 24.4 Å². The summed E-state index contributed by atoms with van der Waals surface area (Å²) in [4.78, 5) is 23.2. The van der Waals surface area contributed by atoms with Gasteiger partial charge in [-0.05, 0) is 67.1 Å². The molecule has 0 radical (unpaired) electrons. The minimum Gasteiger partial charge on any atom is -0.497 e. The minimum absolute atomic E-state index is 0.0839. The second-order valence-electron chi connectivity index (χ2n) is 9.02. The molecular weight excluding hydrogens is 604 g/mol. The molecule has 0 unspecified atom stereocenters. The van der Waals surface area contributed by atoms with Crippen molar-refractivity contribution in [2.45, 2.75) is 29.6 Å². The molecule has 3 aromatic rings. The highest BCUT2D eigenvalue weighted by atomic mass is 32.2. The zero-order chi connectivity index (χ0) is 31.8. The van der Waals surface area contributed by atoms with Crippen LogP contribution in [0.3, 0.4) is 0 Å². The number of rotatable bonds is 16. The Balaban J connectivity index is 2.19. The van der Waals surface area contributed by atoms with E-state index in [-0.39, 0.29) is 33.5 Å². The highest BCUT2D eigenvalue weighted by Gasteiger charge is 2.32. The Hall–Kier alpha value is -4.50. The van der Waals surface area contributed by atoms with Crippen molar-refractivity contribution in [2.75, 3.05) is 42.5 Å². The number of carbonyl (C=O) groups is 2. The van der Waals surface area contributed by atoms with E-state index in [4.69, 9.17) is 14.2 Å². The van der Waals surface area contributed by atoms with Gasteiger partial charge in [-0.25, -0.2) is 16.8 Å². The van der Waals surface area contributed by atoms with Gasteiger partial charge in [0, 0.05) is 6.07 Å². The number of hydrogen-bond acceptors (Lipinski definition) is 9. The van der Waals surface area contributed by atoms with Crippen LogP contribution in [-0.2, 0) is 29.6 Å². The monoisotopic (exact) mass is 636 g/mol. The number of nitrogens with zero attached hydrogens (tertiary/aromatic N) is 2. The number of carboxylic acid groups (broad SMARTS) is 2. The van der Waals surface area contributed by atoms with Crippen LogP contribution < -0.4 is 22.8 Å². The van der Waals surface area contributed by atoms with E-state index in [1.807, 2.05) is 6.92 Å². The van der Waals surface area contributed by atoms with Crippen LogP contribution in [0.5, 0.6) is 17.2 Å². The molecule has 0 heterocycles. The van der Waals surface area contributed by atoms with Gasteiger partial charge in [-0.2, -0.15) is 0 Å². The summed E-state index contributed by atoms with van der Waals surface area (Å²) in [5, 5.41) is 19.2. The first-order chi connectivity index (χ1) is 20.3. The lowest BCUT2D eigenvalue weighted by Gasteiger charge is -2.28. The molecule has 13 nitrogen and oxygen atoms in total. The second kappa shape index (κ2) is 14.1. The fraction of sp³-hybridized carbons (Fsp3) is 0.286. The Morgan fingerprint density at radius 1 is 0.721 bits per heavy atom. The maximum atomic E-state index is 13.7. The molecule has 0 saturated heterocycles. The third-order valence-corrected chi connectivity index (χ3v) is 9.67. The molecular formula is C28H32N2O11S2. The normalized spacial score (nSPS) is 11.4. The van der Waals surface area contributed by atoms with Gasteiger partial charge in [0.15, 0.2) is 0 Å². The number of aliphatic carboxylic acids is 2. The zero-order valence-electron chi connectivity index (χ0n) is 23.7. The highest BCUT2D eigenvalue weighted by Crippen LogP contribution is 2.38. The van der Waals surface area contributed by atoms with Crippen molar-refractivity contribution in [3.8, 4) is 17.2 Å². The van der Waals surface area contributed by atoms with Crippen LogP contribution in [0.1, 0.15) is 19.8 Å². The third kappa shape index (κ3) is 7.87. The predicted octanol–water partition coefficient (Wildman–Crippen LogP) is 3.44. The van der Waals surface area contributed by atoms with Crippen LogP contribution in [0.15, 0.2) is 76.5 Å². The molecule has 232 valence electrons. The Morgan fingerprint density at radius 3 is 1.63 bits per heavy atom. The van der Waals surface area contributed by atoms with E-state index in [1.165, 1.54) is 80.9 Å². The van der Waals surface area contributed by atoms with Gasteiger partial charge >= 0.3 is 11.9 Å². The minimum atomic E-state index is -4.48. The van der Waals surface area contributed by atoms with Crippen LogP contribution in [0.4, 0.5) is 11.4 Å². The summed E-state index contributed by atoms with van der Waals surface area (Å²) < 4.78 is 71.8. The van der Waals surface area contributed by atoms with E-state index < -0.39 is 45.1 Å². The SMILES string of the molecule is CCCCOc1cc(N(CC(=O)O)S(=O)(=O)c2ccc(OC)cc2)ccc1N(CC(=O)O)S(=O)(=O)c1ccc(OC)cc1. The summed E-state index contributed by atoms with van der Waals surface area (Å²) in [5.74, 6) is -2.31. The van der Waals surface area contributed by atoms with E-state index in [2.05, 4.69) is 0 Å². The van der Waals surface area contributed by atoms with Crippen LogP contribution in [0.2, 0.25) is 0 Å². The van der Waals surface area contributed by atoms with Crippen molar-refractivity contribution in [1.29, 1.82) is 0 Å². The number of methoxy groups -OCH3 is 2. The number of hydrogen-bond donors (Lipinski definition) is 2. The quantitative estimate of drug-likeness (QED) is 0.220. The molecule has 0 atom stereocenters. The summed E-state index contributed by atoms with van der Waals surface area (Å²) in [7, 11) is -6.11. The van der Waals surface area contributed by atoms with Crippen molar-refractivity contribution < 1.29 is 50.8 Å². The number of unbranched alkanes of at least 4 members (excludes halogenated alkanes) is 1. The topological polar surface area (TPSA) is 177 Å². The summed E-state index contributed by atoms with van der Waals surface area (Å²) in [6.45, 7) is 0.0219. The number of carboxylic acids is 2. The fourth-order valence-electron chi connectivity index (χ4n) is 3.92. The Bertz CT molecular complexity index is 1640. The maximum Gasteiger partial charge on any atom is 0.324 e. The first kappa shape index (κ1) is 33.0. The van der Waals surface area contributed by atoms with E-state index in [9.17, 15) is 36.6 Å². The number of benzene rings is 3. The van der Waals surface area contributed by atoms with Crippen LogP contribution in [0, 0.1) is 0 Å². The molecule has 3 aromatic carbocycles. The van der Waals surface area contributed by atoms with E-state index in [0.29, 0.717) is 33.0 Å². The van der Waals surface area contributed by atoms with Gasteiger partial charge in [0.2, 0.25) is 0 Å². The Morgan fingerprint density at radius 2 is 1.19 bits per heavy atom. The summed E-state index contributed by atoms with van der Waals surface area (Å²) >= 11 is 0. The van der Waals surface area contributed by atoms with Crippen molar-refractivity contribution >= 4 is 43.4 Å². The molecule has 2 N–H and O–H groups in total. The third-order valence-electron chi connectivity index (χ3n) is 6.11. The summed E-state index contributed by atoms with van der Waals surface area (Å²) in [5.41, 5.74) is -0.333. The van der Waals surface area contributed by atoms with Crippen LogP contribution >= 0.6 is 0 Å². The smallest absolute Gasteiger partial charge is 0.324 e. The summed E-state index contributed by atoms with van der Waals surface area (Å²) in [6.07, 6.45) is 1.24. The number of anilines is 2. The molecule has 0 bridgehead atoms. The summed E-state index contributed by atoms with van der Waals surface area (Å²) in [6, 6.07) is 14.2. The molecule has 43 heavy (non-hydrogen) atoms. The lowest BCUT2D eigenvalue weighted by molar-refractivity contribution is -0.136. The molecule has 0 aliphatic rings. The largest absolute Gasteiger partial charge is 0.497 e. The second-order valence-corrected chi connectivity index (χ2v) is 12.7. The van der Waals surface area contributed by atoms with E-state index >= 15 is 0 Å². The van der Waals surface area contributed by atoms with E-state index in [1.54, 1.807) is 0 Å². The Labute approximate surface area is 249 Å². The number of sulfonamides is 2. The van der Waals surface area contributed by atoms with E-state index in [0.717, 1.165) is 0 Å².